The Morgan fingerprint density at radius 2 is 1.72 bits per heavy atom. The fourth-order valence-corrected chi connectivity index (χ4v) is 2.06. The van der Waals surface area contributed by atoms with Crippen molar-refractivity contribution in [2.24, 2.45) is 0 Å². The molecule has 0 radical (unpaired) electrons. The van der Waals surface area contributed by atoms with Gasteiger partial charge in [0.25, 0.3) is 0 Å². The number of carbonyl (C=O) groups is 1. The first-order valence-electron chi connectivity index (χ1n) is 6.83. The van der Waals surface area contributed by atoms with E-state index < -0.39 is 0 Å². The SMILES string of the molecule is CCC/C(C(=O)OCC)=C(\CCC)C1OC(C)O1. The normalized spacial score (nSPS) is 24.2. The van der Waals surface area contributed by atoms with E-state index in [9.17, 15) is 4.79 Å². The van der Waals surface area contributed by atoms with Crippen LogP contribution in [0.4, 0.5) is 0 Å². The van der Waals surface area contributed by atoms with Crippen molar-refractivity contribution in [3.63, 3.8) is 0 Å². The van der Waals surface area contributed by atoms with Crippen LogP contribution >= 0.6 is 0 Å². The minimum Gasteiger partial charge on any atom is -0.463 e. The predicted molar refractivity (Wildman–Crippen MR) is 68.9 cm³/mol. The molecule has 4 heteroatoms. The molecule has 1 aliphatic heterocycles. The Bertz CT molecular complexity index is 303. The number of hydrogen-bond acceptors (Lipinski definition) is 4. The summed E-state index contributed by atoms with van der Waals surface area (Å²) in [5.74, 6) is -0.227. The first-order chi connectivity index (χ1) is 8.63. The van der Waals surface area contributed by atoms with Gasteiger partial charge >= 0.3 is 5.97 Å². The molecule has 1 fully saturated rings. The van der Waals surface area contributed by atoms with Crippen molar-refractivity contribution in [1.29, 1.82) is 0 Å². The lowest BCUT2D eigenvalue weighted by molar-refractivity contribution is -0.360. The van der Waals surface area contributed by atoms with Gasteiger partial charge in [-0.05, 0) is 32.3 Å². The molecule has 4 nitrogen and oxygen atoms in total. The zero-order valence-corrected chi connectivity index (χ0v) is 11.8. The zero-order valence-electron chi connectivity index (χ0n) is 11.8. The van der Waals surface area contributed by atoms with Crippen molar-refractivity contribution in [2.75, 3.05) is 6.61 Å². The monoisotopic (exact) mass is 256 g/mol. The third kappa shape index (κ3) is 3.82. The van der Waals surface area contributed by atoms with Gasteiger partial charge < -0.3 is 14.2 Å². The highest BCUT2D eigenvalue weighted by atomic mass is 16.9. The van der Waals surface area contributed by atoms with Crippen molar-refractivity contribution >= 4 is 5.97 Å². The van der Waals surface area contributed by atoms with Crippen LogP contribution in [0.1, 0.15) is 53.4 Å². The van der Waals surface area contributed by atoms with Crippen molar-refractivity contribution in [3.8, 4) is 0 Å². The lowest BCUT2D eigenvalue weighted by atomic mass is 9.98. The third-order valence-corrected chi connectivity index (χ3v) is 2.84. The molecule has 0 N–H and O–H groups in total. The maximum absolute atomic E-state index is 12.0. The molecule has 1 saturated heterocycles. The Morgan fingerprint density at radius 3 is 2.17 bits per heavy atom. The van der Waals surface area contributed by atoms with Gasteiger partial charge in [-0.25, -0.2) is 4.79 Å². The molecular formula is C14H24O4. The van der Waals surface area contributed by atoms with E-state index in [0.717, 1.165) is 30.4 Å². The van der Waals surface area contributed by atoms with Crippen molar-refractivity contribution < 1.29 is 19.0 Å². The van der Waals surface area contributed by atoms with Crippen molar-refractivity contribution in [2.45, 2.75) is 66.0 Å². The summed E-state index contributed by atoms with van der Waals surface area (Å²) in [4.78, 5) is 12.0. The Hall–Kier alpha value is -0.870. The summed E-state index contributed by atoms with van der Waals surface area (Å²) in [6.45, 7) is 8.20. The second-order valence-electron chi connectivity index (χ2n) is 4.40. The lowest BCUT2D eigenvalue weighted by Gasteiger charge is -2.36. The summed E-state index contributed by atoms with van der Waals surface area (Å²) < 4.78 is 16.2. The Labute approximate surface area is 109 Å². The molecule has 0 bridgehead atoms. The largest absolute Gasteiger partial charge is 0.463 e. The van der Waals surface area contributed by atoms with Crippen LogP contribution < -0.4 is 0 Å². The quantitative estimate of drug-likeness (QED) is 0.518. The maximum atomic E-state index is 12.0. The minimum atomic E-state index is -0.356. The highest BCUT2D eigenvalue weighted by Crippen LogP contribution is 2.30. The summed E-state index contributed by atoms with van der Waals surface area (Å²) in [5, 5.41) is 0. The van der Waals surface area contributed by atoms with Gasteiger partial charge in [0.05, 0.1) is 6.61 Å². The number of esters is 1. The van der Waals surface area contributed by atoms with Crippen LogP contribution in [-0.2, 0) is 19.0 Å². The standard InChI is InChI=1S/C14H24O4/c1-5-8-11(13(15)16-7-3)12(9-6-2)14-17-10(4)18-14/h10,14H,5-9H2,1-4H3/b12-11-. The van der Waals surface area contributed by atoms with E-state index in [1.807, 2.05) is 20.8 Å². The van der Waals surface area contributed by atoms with Crippen molar-refractivity contribution in [3.05, 3.63) is 11.1 Å². The fraction of sp³-hybridized carbons (Fsp3) is 0.786. The average molecular weight is 256 g/mol. The smallest absolute Gasteiger partial charge is 0.334 e. The molecule has 0 aromatic carbocycles. The number of ether oxygens (including phenoxy) is 3. The van der Waals surface area contributed by atoms with Gasteiger partial charge in [-0.1, -0.05) is 26.7 Å². The van der Waals surface area contributed by atoms with Crippen LogP contribution in [0.5, 0.6) is 0 Å². The van der Waals surface area contributed by atoms with E-state index in [2.05, 4.69) is 6.92 Å². The molecule has 0 atom stereocenters. The molecule has 0 spiro atoms. The van der Waals surface area contributed by atoms with Crippen LogP contribution in [-0.4, -0.2) is 25.2 Å². The summed E-state index contributed by atoms with van der Waals surface area (Å²) in [6, 6.07) is 0. The van der Waals surface area contributed by atoms with E-state index >= 15 is 0 Å². The molecule has 0 saturated carbocycles. The second-order valence-corrected chi connectivity index (χ2v) is 4.40. The van der Waals surface area contributed by atoms with Crippen LogP contribution in [0.3, 0.4) is 0 Å². The molecular weight excluding hydrogens is 232 g/mol. The third-order valence-electron chi connectivity index (χ3n) is 2.84. The topological polar surface area (TPSA) is 44.8 Å². The molecule has 0 aromatic heterocycles. The van der Waals surface area contributed by atoms with Gasteiger partial charge in [-0.2, -0.15) is 0 Å². The molecule has 1 rings (SSSR count). The summed E-state index contributed by atoms with van der Waals surface area (Å²) in [7, 11) is 0. The predicted octanol–water partition coefficient (Wildman–Crippen LogP) is 3.17. The maximum Gasteiger partial charge on any atom is 0.334 e. The summed E-state index contributed by atoms with van der Waals surface area (Å²) in [6.07, 6.45) is 2.86. The summed E-state index contributed by atoms with van der Waals surface area (Å²) in [5.41, 5.74) is 1.69. The molecule has 0 amide bonds. The van der Waals surface area contributed by atoms with E-state index in [1.54, 1.807) is 0 Å². The molecule has 1 heterocycles. The highest BCUT2D eigenvalue weighted by Gasteiger charge is 2.33. The number of hydrogen-bond donors (Lipinski definition) is 0. The van der Waals surface area contributed by atoms with Gasteiger partial charge in [0.1, 0.15) is 0 Å². The Kier molecular flexibility index (Phi) is 6.36. The lowest BCUT2D eigenvalue weighted by Crippen LogP contribution is -2.41. The highest BCUT2D eigenvalue weighted by molar-refractivity contribution is 5.89. The fourth-order valence-electron chi connectivity index (χ4n) is 2.06. The zero-order chi connectivity index (χ0) is 13.5. The van der Waals surface area contributed by atoms with Crippen molar-refractivity contribution in [1.82, 2.24) is 0 Å². The van der Waals surface area contributed by atoms with E-state index in [4.69, 9.17) is 14.2 Å². The van der Waals surface area contributed by atoms with Gasteiger partial charge in [0, 0.05) is 5.57 Å². The van der Waals surface area contributed by atoms with Crippen LogP contribution in [0, 0.1) is 0 Å². The van der Waals surface area contributed by atoms with Gasteiger partial charge in [0.2, 0.25) is 0 Å². The molecule has 18 heavy (non-hydrogen) atoms. The molecule has 0 unspecified atom stereocenters. The first-order valence-corrected chi connectivity index (χ1v) is 6.83. The number of rotatable bonds is 7. The van der Waals surface area contributed by atoms with Crippen LogP contribution in [0.2, 0.25) is 0 Å². The number of carbonyl (C=O) groups excluding carboxylic acids is 1. The van der Waals surface area contributed by atoms with Crippen LogP contribution in [0.25, 0.3) is 0 Å². The Balaban J connectivity index is 2.89. The van der Waals surface area contributed by atoms with Gasteiger partial charge in [0.15, 0.2) is 12.6 Å². The van der Waals surface area contributed by atoms with Crippen LogP contribution in [0.15, 0.2) is 11.1 Å². The minimum absolute atomic E-state index is 0.174. The molecule has 104 valence electrons. The molecule has 1 aliphatic rings. The Morgan fingerprint density at radius 1 is 1.11 bits per heavy atom. The van der Waals surface area contributed by atoms with Gasteiger partial charge in [-0.15, -0.1) is 0 Å². The summed E-state index contributed by atoms with van der Waals surface area (Å²) >= 11 is 0. The van der Waals surface area contributed by atoms with E-state index in [0.29, 0.717) is 13.0 Å². The average Bonchev–Trinajstić information content (AvgIpc) is 2.30. The second kappa shape index (κ2) is 7.54. The van der Waals surface area contributed by atoms with E-state index in [-0.39, 0.29) is 18.5 Å². The van der Waals surface area contributed by atoms with Gasteiger partial charge in [-0.3, -0.25) is 0 Å². The molecule has 0 aliphatic carbocycles. The molecule has 0 aromatic rings. The first kappa shape index (κ1) is 15.2. The van der Waals surface area contributed by atoms with E-state index in [1.165, 1.54) is 0 Å².